The summed E-state index contributed by atoms with van der Waals surface area (Å²) in [5, 5.41) is 3.49. The smallest absolute Gasteiger partial charge is 0.0936 e. The molecular weight excluding hydrogens is 160 g/mol. The van der Waals surface area contributed by atoms with E-state index in [1.54, 1.807) is 0 Å². The van der Waals surface area contributed by atoms with Crippen molar-refractivity contribution in [2.24, 2.45) is 10.4 Å². The van der Waals surface area contributed by atoms with Gasteiger partial charge in [-0.1, -0.05) is 26.8 Å². The van der Waals surface area contributed by atoms with Crippen LogP contribution < -0.4 is 5.32 Å². The summed E-state index contributed by atoms with van der Waals surface area (Å²) in [5.74, 6) is 0. The Balaban J connectivity index is 2.20. The van der Waals surface area contributed by atoms with Crippen LogP contribution in [0.1, 0.15) is 20.8 Å². The molecule has 2 heterocycles. The van der Waals surface area contributed by atoms with Gasteiger partial charge in [0.15, 0.2) is 0 Å². The number of dihydropyridines is 1. The third kappa shape index (κ3) is 1.53. The van der Waals surface area contributed by atoms with Crippen molar-refractivity contribution < 1.29 is 0 Å². The maximum absolute atomic E-state index is 4.40. The first-order valence-electron chi connectivity index (χ1n) is 4.76. The minimum Gasteiger partial charge on any atom is -0.379 e. The van der Waals surface area contributed by atoms with Gasteiger partial charge in [0.1, 0.15) is 0 Å². The van der Waals surface area contributed by atoms with Crippen molar-refractivity contribution in [2.45, 2.75) is 32.9 Å². The van der Waals surface area contributed by atoms with Crippen molar-refractivity contribution in [1.29, 1.82) is 0 Å². The molecule has 2 aliphatic rings. The van der Waals surface area contributed by atoms with E-state index in [1.165, 1.54) is 5.70 Å². The van der Waals surface area contributed by atoms with E-state index in [4.69, 9.17) is 0 Å². The number of rotatable bonds is 0. The van der Waals surface area contributed by atoms with E-state index in [1.807, 2.05) is 12.3 Å². The van der Waals surface area contributed by atoms with Gasteiger partial charge in [-0.25, -0.2) is 0 Å². The number of hydrogen-bond donors (Lipinski definition) is 1. The molecule has 0 aromatic heterocycles. The van der Waals surface area contributed by atoms with E-state index < -0.39 is 0 Å². The molecule has 13 heavy (non-hydrogen) atoms. The summed E-state index contributed by atoms with van der Waals surface area (Å²) < 4.78 is 0. The quantitative estimate of drug-likeness (QED) is 0.599. The number of hydrogen-bond acceptors (Lipinski definition) is 2. The maximum Gasteiger partial charge on any atom is 0.0936 e. The molecule has 0 amide bonds. The molecule has 70 valence electrons. The van der Waals surface area contributed by atoms with Gasteiger partial charge in [0.25, 0.3) is 0 Å². The van der Waals surface area contributed by atoms with Crippen molar-refractivity contribution >= 4 is 6.21 Å². The van der Waals surface area contributed by atoms with Crippen LogP contribution in [0, 0.1) is 5.41 Å². The lowest BCUT2D eigenvalue weighted by molar-refractivity contribution is 0.462. The molecule has 1 N–H and O–H groups in total. The van der Waals surface area contributed by atoms with E-state index >= 15 is 0 Å². The van der Waals surface area contributed by atoms with Crippen LogP contribution in [0.5, 0.6) is 0 Å². The molecule has 2 unspecified atom stereocenters. The second-order valence-corrected chi connectivity index (χ2v) is 4.67. The number of nitrogens with one attached hydrogen (secondary N) is 1. The predicted octanol–water partition coefficient (Wildman–Crippen LogP) is 1.90. The number of aliphatic imine (C=N–C) groups is 1. The van der Waals surface area contributed by atoms with Crippen LogP contribution in [-0.4, -0.2) is 18.3 Å². The Hall–Kier alpha value is -1.05. The summed E-state index contributed by atoms with van der Waals surface area (Å²) in [4.78, 5) is 4.40. The van der Waals surface area contributed by atoms with Gasteiger partial charge in [-0.15, -0.1) is 0 Å². The van der Waals surface area contributed by atoms with Crippen LogP contribution in [0.25, 0.3) is 0 Å². The fourth-order valence-electron chi connectivity index (χ4n) is 1.67. The predicted molar refractivity (Wildman–Crippen MR) is 55.9 cm³/mol. The van der Waals surface area contributed by atoms with Crippen LogP contribution in [-0.2, 0) is 0 Å². The molecule has 2 atom stereocenters. The normalized spacial score (nSPS) is 31.2. The zero-order valence-corrected chi connectivity index (χ0v) is 8.41. The molecule has 2 aliphatic heterocycles. The fourth-order valence-corrected chi connectivity index (χ4v) is 1.67. The molecule has 0 aliphatic carbocycles. The van der Waals surface area contributed by atoms with Gasteiger partial charge < -0.3 is 5.32 Å². The van der Waals surface area contributed by atoms with Crippen molar-refractivity contribution in [2.75, 3.05) is 0 Å². The number of nitrogens with zero attached hydrogens (tertiary/aromatic N) is 1. The summed E-state index contributed by atoms with van der Waals surface area (Å²) in [6, 6.07) is 0.707. The molecule has 0 radical (unpaired) electrons. The zero-order chi connectivity index (χ0) is 9.47. The topological polar surface area (TPSA) is 24.4 Å². The molecule has 0 bridgehead atoms. The Kier molecular flexibility index (Phi) is 1.79. The Morgan fingerprint density at radius 2 is 2.15 bits per heavy atom. The summed E-state index contributed by atoms with van der Waals surface area (Å²) >= 11 is 0. The van der Waals surface area contributed by atoms with Gasteiger partial charge in [0, 0.05) is 17.3 Å². The third-order valence-corrected chi connectivity index (χ3v) is 2.50. The van der Waals surface area contributed by atoms with Gasteiger partial charge in [0.05, 0.1) is 12.1 Å². The van der Waals surface area contributed by atoms with Gasteiger partial charge in [-0.3, -0.25) is 4.99 Å². The van der Waals surface area contributed by atoms with Crippen LogP contribution in [0.2, 0.25) is 0 Å². The molecule has 0 fully saturated rings. The standard InChI is InChI=1S/C11H16N2/c1-11(2,3)10-7-9-8(13-10)5-4-6-12-9/h4-9,13H,1-3H3. The van der Waals surface area contributed by atoms with E-state index in [0.29, 0.717) is 12.1 Å². The minimum atomic E-state index is 0.209. The highest BCUT2D eigenvalue weighted by atomic mass is 15.0. The van der Waals surface area contributed by atoms with Crippen LogP contribution >= 0.6 is 0 Å². The SMILES string of the molecule is CC(C)(C)C1=CC2N=CC=CC2N1. The monoisotopic (exact) mass is 176 g/mol. The third-order valence-electron chi connectivity index (χ3n) is 2.50. The Bertz CT molecular complexity index is 292. The highest BCUT2D eigenvalue weighted by molar-refractivity contribution is 5.73. The lowest BCUT2D eigenvalue weighted by Gasteiger charge is -2.23. The molecule has 2 nitrogen and oxygen atoms in total. The van der Waals surface area contributed by atoms with Gasteiger partial charge >= 0.3 is 0 Å². The average Bonchev–Trinajstić information content (AvgIpc) is 2.45. The number of allylic oxidation sites excluding steroid dienone is 2. The van der Waals surface area contributed by atoms with Crippen LogP contribution in [0.4, 0.5) is 0 Å². The van der Waals surface area contributed by atoms with Gasteiger partial charge in [0.2, 0.25) is 0 Å². The summed E-state index contributed by atoms with van der Waals surface area (Å²) in [5.41, 5.74) is 1.52. The first-order chi connectivity index (χ1) is 6.07. The van der Waals surface area contributed by atoms with Gasteiger partial charge in [-0.05, 0) is 12.2 Å². The highest BCUT2D eigenvalue weighted by Crippen LogP contribution is 2.29. The van der Waals surface area contributed by atoms with E-state index in [9.17, 15) is 0 Å². The van der Waals surface area contributed by atoms with Crippen molar-refractivity contribution in [1.82, 2.24) is 5.32 Å². The Labute approximate surface area is 79.4 Å². The highest BCUT2D eigenvalue weighted by Gasteiger charge is 2.30. The molecule has 0 saturated heterocycles. The lowest BCUT2D eigenvalue weighted by atomic mass is 9.92. The molecule has 0 saturated carbocycles. The summed E-state index contributed by atoms with van der Waals surface area (Å²) in [6.07, 6.45) is 8.30. The largest absolute Gasteiger partial charge is 0.379 e. The summed E-state index contributed by atoms with van der Waals surface area (Å²) in [7, 11) is 0. The van der Waals surface area contributed by atoms with E-state index in [0.717, 1.165) is 0 Å². The van der Waals surface area contributed by atoms with Crippen LogP contribution in [0.3, 0.4) is 0 Å². The molecule has 2 heteroatoms. The van der Waals surface area contributed by atoms with Crippen molar-refractivity contribution in [3.05, 3.63) is 23.9 Å². The fraction of sp³-hybridized carbons (Fsp3) is 0.545. The molecular formula is C11H16N2. The van der Waals surface area contributed by atoms with E-state index in [2.05, 4.69) is 43.2 Å². The van der Waals surface area contributed by atoms with E-state index in [-0.39, 0.29) is 5.41 Å². The maximum atomic E-state index is 4.40. The second kappa shape index (κ2) is 2.72. The lowest BCUT2D eigenvalue weighted by Crippen LogP contribution is -2.32. The Morgan fingerprint density at radius 1 is 1.38 bits per heavy atom. The summed E-state index contributed by atoms with van der Waals surface area (Å²) in [6.45, 7) is 6.66. The molecule has 2 rings (SSSR count). The first kappa shape index (κ1) is 8.54. The molecule has 0 aromatic rings. The Morgan fingerprint density at radius 3 is 2.77 bits per heavy atom. The average molecular weight is 176 g/mol. The van der Waals surface area contributed by atoms with Crippen molar-refractivity contribution in [3.8, 4) is 0 Å². The number of fused-ring (bicyclic) bond motifs is 1. The zero-order valence-electron chi connectivity index (χ0n) is 8.41. The second-order valence-electron chi connectivity index (χ2n) is 4.67. The molecule has 0 aromatic carbocycles. The molecule has 0 spiro atoms. The van der Waals surface area contributed by atoms with Gasteiger partial charge in [-0.2, -0.15) is 0 Å². The first-order valence-corrected chi connectivity index (χ1v) is 4.76. The van der Waals surface area contributed by atoms with Crippen LogP contribution in [0.15, 0.2) is 28.9 Å². The van der Waals surface area contributed by atoms with Crippen molar-refractivity contribution in [3.63, 3.8) is 0 Å². The minimum absolute atomic E-state index is 0.209.